The summed E-state index contributed by atoms with van der Waals surface area (Å²) in [5.41, 5.74) is 0.673. The van der Waals surface area contributed by atoms with E-state index in [1.807, 2.05) is 32.0 Å². The van der Waals surface area contributed by atoms with Gasteiger partial charge in [0.15, 0.2) is 0 Å². The molecule has 0 aromatic heterocycles. The average Bonchev–Trinajstić information content (AvgIpc) is 2.57. The molecule has 1 aromatic rings. The number of halogens is 1. The minimum absolute atomic E-state index is 0.122. The Hall–Kier alpha value is -0.870. The molecular formula is C20H31BrO3. The number of hydrogen-bond donors (Lipinski definition) is 1. The zero-order chi connectivity index (χ0) is 17.8. The van der Waals surface area contributed by atoms with Gasteiger partial charge in [-0.05, 0) is 38.7 Å². The van der Waals surface area contributed by atoms with Crippen LogP contribution in [-0.4, -0.2) is 24.3 Å². The van der Waals surface area contributed by atoms with Crippen molar-refractivity contribution in [1.29, 1.82) is 0 Å². The first kappa shape index (κ1) is 21.2. The van der Waals surface area contributed by atoms with Gasteiger partial charge in [0.1, 0.15) is 0 Å². The SMILES string of the molecule is CC(C)(CC(Br)c1ccccc1)C(=O)OCCCCCCCCO. The molecule has 0 saturated heterocycles. The first-order chi connectivity index (χ1) is 11.5. The largest absolute Gasteiger partial charge is 0.465 e. The standard InChI is InChI=1S/C20H31BrO3/c1-20(2,16-18(21)17-12-8-7-9-13-17)19(23)24-15-11-6-4-3-5-10-14-22/h7-9,12-13,18,22H,3-6,10-11,14-16H2,1-2H3. The molecule has 0 bridgehead atoms. The lowest BCUT2D eigenvalue weighted by Gasteiger charge is -2.25. The van der Waals surface area contributed by atoms with Crippen LogP contribution < -0.4 is 0 Å². The lowest BCUT2D eigenvalue weighted by molar-refractivity contribution is -0.154. The number of hydrogen-bond acceptors (Lipinski definition) is 3. The zero-order valence-corrected chi connectivity index (χ0v) is 16.6. The molecule has 0 fully saturated rings. The third-order valence-corrected chi connectivity index (χ3v) is 5.04. The molecule has 0 amide bonds. The van der Waals surface area contributed by atoms with Crippen LogP contribution in [0.25, 0.3) is 0 Å². The average molecular weight is 399 g/mol. The number of esters is 1. The van der Waals surface area contributed by atoms with E-state index in [2.05, 4.69) is 28.1 Å². The van der Waals surface area contributed by atoms with Gasteiger partial charge in [-0.1, -0.05) is 71.9 Å². The van der Waals surface area contributed by atoms with Gasteiger partial charge in [-0.15, -0.1) is 0 Å². The molecule has 3 nitrogen and oxygen atoms in total. The Morgan fingerprint density at radius 3 is 2.29 bits per heavy atom. The lowest BCUT2D eigenvalue weighted by atomic mass is 9.86. The van der Waals surface area contributed by atoms with Gasteiger partial charge in [-0.3, -0.25) is 4.79 Å². The van der Waals surface area contributed by atoms with Crippen molar-refractivity contribution in [3.05, 3.63) is 35.9 Å². The van der Waals surface area contributed by atoms with E-state index < -0.39 is 5.41 Å². The van der Waals surface area contributed by atoms with Crippen LogP contribution in [-0.2, 0) is 9.53 Å². The van der Waals surface area contributed by atoms with Crippen molar-refractivity contribution in [2.75, 3.05) is 13.2 Å². The summed E-state index contributed by atoms with van der Waals surface area (Å²) in [4.78, 5) is 12.5. The third-order valence-electron chi connectivity index (χ3n) is 4.19. The van der Waals surface area contributed by atoms with Crippen molar-refractivity contribution in [3.63, 3.8) is 0 Å². The molecule has 0 spiro atoms. The number of aliphatic hydroxyl groups excluding tert-OH is 1. The van der Waals surface area contributed by atoms with Crippen molar-refractivity contribution in [2.24, 2.45) is 5.41 Å². The van der Waals surface area contributed by atoms with E-state index in [4.69, 9.17) is 9.84 Å². The van der Waals surface area contributed by atoms with Gasteiger partial charge in [0.25, 0.3) is 0 Å². The summed E-state index contributed by atoms with van der Waals surface area (Å²) in [7, 11) is 0. The van der Waals surface area contributed by atoms with Crippen molar-refractivity contribution in [3.8, 4) is 0 Å². The molecule has 1 N–H and O–H groups in total. The predicted molar refractivity (Wildman–Crippen MR) is 102 cm³/mol. The normalized spacial score (nSPS) is 12.8. The highest BCUT2D eigenvalue weighted by Crippen LogP contribution is 2.36. The summed E-state index contributed by atoms with van der Waals surface area (Å²) in [5.74, 6) is -0.122. The molecule has 1 unspecified atom stereocenters. The summed E-state index contributed by atoms with van der Waals surface area (Å²) < 4.78 is 5.47. The van der Waals surface area contributed by atoms with E-state index in [1.54, 1.807) is 0 Å². The minimum Gasteiger partial charge on any atom is -0.465 e. The van der Waals surface area contributed by atoms with Crippen LogP contribution >= 0.6 is 15.9 Å². The molecule has 0 aliphatic rings. The Bertz CT molecular complexity index is 459. The number of ether oxygens (including phenoxy) is 1. The van der Waals surface area contributed by atoms with E-state index in [0.717, 1.165) is 38.5 Å². The molecule has 0 aliphatic heterocycles. The molecule has 0 aliphatic carbocycles. The molecule has 4 heteroatoms. The van der Waals surface area contributed by atoms with Crippen LogP contribution in [0.3, 0.4) is 0 Å². The van der Waals surface area contributed by atoms with Crippen molar-refractivity contribution in [1.82, 2.24) is 0 Å². The maximum Gasteiger partial charge on any atom is 0.311 e. The van der Waals surface area contributed by atoms with Gasteiger partial charge < -0.3 is 9.84 Å². The van der Waals surface area contributed by atoms with Gasteiger partial charge >= 0.3 is 5.97 Å². The predicted octanol–water partition coefficient (Wildman–Crippen LogP) is 5.42. The second-order valence-electron chi connectivity index (χ2n) is 6.95. The fourth-order valence-corrected chi connectivity index (χ4v) is 3.71. The summed E-state index contributed by atoms with van der Waals surface area (Å²) in [6, 6.07) is 10.1. The van der Waals surface area contributed by atoms with Gasteiger partial charge in [0.05, 0.1) is 12.0 Å². The lowest BCUT2D eigenvalue weighted by Crippen LogP contribution is -2.28. The number of alkyl halides is 1. The maximum atomic E-state index is 12.3. The summed E-state index contributed by atoms with van der Waals surface area (Å²) in [6.07, 6.45) is 6.94. The van der Waals surface area contributed by atoms with E-state index in [9.17, 15) is 4.79 Å². The van der Waals surface area contributed by atoms with E-state index >= 15 is 0 Å². The van der Waals surface area contributed by atoms with Crippen molar-refractivity contribution >= 4 is 21.9 Å². The van der Waals surface area contributed by atoms with Crippen LogP contribution in [0.15, 0.2) is 30.3 Å². The summed E-state index contributed by atoms with van der Waals surface area (Å²) in [5, 5.41) is 8.72. The second kappa shape index (κ2) is 11.6. The molecule has 136 valence electrons. The number of aliphatic hydroxyl groups is 1. The Kier molecular flexibility index (Phi) is 10.3. The Morgan fingerprint density at radius 1 is 1.08 bits per heavy atom. The summed E-state index contributed by atoms with van der Waals surface area (Å²) >= 11 is 3.69. The Morgan fingerprint density at radius 2 is 1.67 bits per heavy atom. The van der Waals surface area contributed by atoms with Crippen LogP contribution in [0.1, 0.15) is 69.2 Å². The summed E-state index contributed by atoms with van der Waals surface area (Å²) in [6.45, 7) is 4.67. The van der Waals surface area contributed by atoms with Crippen LogP contribution in [0.2, 0.25) is 0 Å². The molecule has 0 radical (unpaired) electrons. The van der Waals surface area contributed by atoms with Gasteiger partial charge in [-0.2, -0.15) is 0 Å². The van der Waals surface area contributed by atoms with Gasteiger partial charge in [-0.25, -0.2) is 0 Å². The monoisotopic (exact) mass is 398 g/mol. The van der Waals surface area contributed by atoms with Crippen LogP contribution in [0.5, 0.6) is 0 Å². The number of rotatable bonds is 12. The van der Waals surface area contributed by atoms with Crippen LogP contribution in [0, 0.1) is 5.41 Å². The fourth-order valence-electron chi connectivity index (χ4n) is 2.59. The molecule has 0 heterocycles. The van der Waals surface area contributed by atoms with Gasteiger partial charge in [0, 0.05) is 11.4 Å². The number of carbonyl (C=O) groups excluding carboxylic acids is 1. The second-order valence-corrected chi connectivity index (χ2v) is 8.05. The molecule has 1 atom stereocenters. The first-order valence-corrected chi connectivity index (χ1v) is 9.86. The van der Waals surface area contributed by atoms with Crippen LogP contribution in [0.4, 0.5) is 0 Å². The quantitative estimate of drug-likeness (QED) is 0.290. The molecule has 1 aromatic carbocycles. The zero-order valence-electron chi connectivity index (χ0n) is 15.0. The Labute approximate surface area is 154 Å². The van der Waals surface area contributed by atoms with E-state index in [1.165, 1.54) is 5.56 Å². The number of benzene rings is 1. The van der Waals surface area contributed by atoms with Gasteiger partial charge in [0.2, 0.25) is 0 Å². The molecule has 1 rings (SSSR count). The van der Waals surface area contributed by atoms with E-state index in [0.29, 0.717) is 13.0 Å². The Balaban J connectivity index is 2.25. The highest BCUT2D eigenvalue weighted by atomic mass is 79.9. The highest BCUT2D eigenvalue weighted by Gasteiger charge is 2.32. The number of unbranched alkanes of at least 4 members (excludes halogenated alkanes) is 5. The van der Waals surface area contributed by atoms with Crippen molar-refractivity contribution in [2.45, 2.75) is 63.6 Å². The fraction of sp³-hybridized carbons (Fsp3) is 0.650. The maximum absolute atomic E-state index is 12.3. The highest BCUT2D eigenvalue weighted by molar-refractivity contribution is 9.09. The third kappa shape index (κ3) is 8.29. The first-order valence-electron chi connectivity index (χ1n) is 8.94. The van der Waals surface area contributed by atoms with E-state index in [-0.39, 0.29) is 17.4 Å². The molecule has 0 saturated carbocycles. The van der Waals surface area contributed by atoms with Crippen molar-refractivity contribution < 1.29 is 14.6 Å². The minimum atomic E-state index is -0.509. The topological polar surface area (TPSA) is 46.5 Å². The number of carbonyl (C=O) groups is 1. The molecular weight excluding hydrogens is 368 g/mol. The molecule has 24 heavy (non-hydrogen) atoms. The smallest absolute Gasteiger partial charge is 0.311 e.